The zero-order valence-electron chi connectivity index (χ0n) is 12.2. The Bertz CT molecular complexity index is 945. The first-order valence-electron chi connectivity index (χ1n) is 6.90. The Morgan fingerprint density at radius 1 is 1.55 bits per heavy atom. The average molecular weight is 300 g/mol. The third kappa shape index (κ3) is 2.11. The molecule has 7 nitrogen and oxygen atoms in total. The minimum Gasteiger partial charge on any atom is -0.459 e. The van der Waals surface area contributed by atoms with Gasteiger partial charge in [-0.05, 0) is 6.92 Å². The number of aromatic nitrogens is 3. The van der Waals surface area contributed by atoms with Crippen molar-refractivity contribution in [2.24, 2.45) is 5.73 Å². The van der Waals surface area contributed by atoms with Gasteiger partial charge in [0.1, 0.15) is 11.3 Å². The lowest BCUT2D eigenvalue weighted by atomic mass is 10.3. The molecule has 0 saturated heterocycles. The van der Waals surface area contributed by atoms with Crippen LogP contribution in [0.1, 0.15) is 12.2 Å². The second kappa shape index (κ2) is 5.18. The van der Waals surface area contributed by atoms with E-state index >= 15 is 0 Å². The van der Waals surface area contributed by atoms with Crippen LogP contribution in [0.15, 0.2) is 34.1 Å². The maximum atomic E-state index is 12.6. The Labute approximate surface area is 125 Å². The third-order valence-electron chi connectivity index (χ3n) is 3.54. The smallest absolute Gasteiger partial charge is 0.291 e. The molecule has 114 valence electrons. The molecule has 0 atom stereocenters. The number of carbonyl (C=O) groups is 1. The molecule has 0 spiro atoms. The summed E-state index contributed by atoms with van der Waals surface area (Å²) in [5, 5.41) is 4.77. The minimum atomic E-state index is -0.473. The molecule has 3 aromatic heterocycles. The van der Waals surface area contributed by atoms with Gasteiger partial charge >= 0.3 is 0 Å². The second-order valence-corrected chi connectivity index (χ2v) is 5.12. The van der Waals surface area contributed by atoms with Crippen molar-refractivity contribution in [2.45, 2.75) is 26.4 Å². The van der Waals surface area contributed by atoms with Crippen molar-refractivity contribution in [1.29, 1.82) is 0 Å². The Balaban J connectivity index is 2.28. The van der Waals surface area contributed by atoms with Crippen LogP contribution >= 0.6 is 0 Å². The SMILES string of the molecule is C=CCn1c2cc(C)oc2c2cnn(CCC(N)=O)c(=O)c21. The monoisotopic (exact) mass is 300 g/mol. The van der Waals surface area contributed by atoms with Crippen molar-refractivity contribution in [1.82, 2.24) is 14.3 Å². The molecule has 7 heteroatoms. The van der Waals surface area contributed by atoms with E-state index in [1.165, 1.54) is 4.68 Å². The Morgan fingerprint density at radius 3 is 3.00 bits per heavy atom. The van der Waals surface area contributed by atoms with E-state index in [9.17, 15) is 9.59 Å². The highest BCUT2D eigenvalue weighted by atomic mass is 16.3. The summed E-state index contributed by atoms with van der Waals surface area (Å²) in [6, 6.07) is 1.88. The number of furan rings is 1. The summed E-state index contributed by atoms with van der Waals surface area (Å²) in [5.41, 5.74) is 6.82. The standard InChI is InChI=1S/C15H16N4O3/c1-3-5-18-11-7-9(2)22-14(11)10-8-17-19(6-4-12(16)20)15(21)13(10)18/h3,7-8H,1,4-6H2,2H3,(H2,16,20). The molecule has 0 unspecified atom stereocenters. The van der Waals surface area contributed by atoms with Crippen LogP contribution in [0.25, 0.3) is 22.0 Å². The Hall–Kier alpha value is -2.83. The number of nitrogens with two attached hydrogens (primary N) is 1. The highest BCUT2D eigenvalue weighted by molar-refractivity contribution is 6.04. The number of aryl methyl sites for hydroxylation is 2. The van der Waals surface area contributed by atoms with Crippen molar-refractivity contribution < 1.29 is 9.21 Å². The molecule has 1 amide bonds. The van der Waals surface area contributed by atoms with Gasteiger partial charge in [-0.3, -0.25) is 9.59 Å². The zero-order chi connectivity index (χ0) is 15.9. The van der Waals surface area contributed by atoms with Gasteiger partial charge in [-0.15, -0.1) is 6.58 Å². The first-order valence-corrected chi connectivity index (χ1v) is 6.90. The number of allylic oxidation sites excluding steroid dienone is 1. The van der Waals surface area contributed by atoms with E-state index in [0.29, 0.717) is 23.0 Å². The molecule has 0 bridgehead atoms. The number of fused-ring (bicyclic) bond motifs is 3. The van der Waals surface area contributed by atoms with Crippen molar-refractivity contribution in [3.63, 3.8) is 0 Å². The van der Waals surface area contributed by atoms with Gasteiger partial charge in [0.05, 0.1) is 23.6 Å². The van der Waals surface area contributed by atoms with E-state index < -0.39 is 5.91 Å². The number of carbonyl (C=O) groups excluding carboxylic acids is 1. The van der Waals surface area contributed by atoms with Crippen molar-refractivity contribution >= 4 is 27.9 Å². The lowest BCUT2D eigenvalue weighted by molar-refractivity contribution is -0.118. The molecule has 0 radical (unpaired) electrons. The van der Waals surface area contributed by atoms with Gasteiger partial charge in [-0.2, -0.15) is 5.10 Å². The van der Waals surface area contributed by atoms with E-state index in [2.05, 4.69) is 11.7 Å². The third-order valence-corrected chi connectivity index (χ3v) is 3.54. The van der Waals surface area contributed by atoms with Crippen LogP contribution in [0, 0.1) is 6.92 Å². The Morgan fingerprint density at radius 2 is 2.32 bits per heavy atom. The van der Waals surface area contributed by atoms with Gasteiger partial charge in [-0.25, -0.2) is 4.68 Å². The average Bonchev–Trinajstić information content (AvgIpc) is 2.96. The maximum Gasteiger partial charge on any atom is 0.291 e. The fourth-order valence-electron chi connectivity index (χ4n) is 2.61. The van der Waals surface area contributed by atoms with E-state index in [1.54, 1.807) is 12.3 Å². The van der Waals surface area contributed by atoms with Gasteiger partial charge < -0.3 is 14.7 Å². The number of nitrogens with zero attached hydrogens (tertiary/aromatic N) is 3. The number of amides is 1. The van der Waals surface area contributed by atoms with Gasteiger partial charge in [0.25, 0.3) is 5.56 Å². The fourth-order valence-corrected chi connectivity index (χ4v) is 2.61. The van der Waals surface area contributed by atoms with Crippen LogP contribution in [0.3, 0.4) is 0 Å². The number of hydrogen-bond acceptors (Lipinski definition) is 4. The van der Waals surface area contributed by atoms with E-state index in [1.807, 2.05) is 17.6 Å². The van der Waals surface area contributed by atoms with Crippen molar-refractivity contribution in [3.8, 4) is 0 Å². The van der Waals surface area contributed by atoms with Crippen LogP contribution in [0.5, 0.6) is 0 Å². The number of primary amides is 1. The lowest BCUT2D eigenvalue weighted by Gasteiger charge is -2.05. The van der Waals surface area contributed by atoms with Crippen molar-refractivity contribution in [3.05, 3.63) is 41.0 Å². The molecular weight excluding hydrogens is 284 g/mol. The molecule has 3 aromatic rings. The molecule has 0 aliphatic heterocycles. The molecule has 3 heterocycles. The minimum absolute atomic E-state index is 0.0653. The summed E-state index contributed by atoms with van der Waals surface area (Å²) in [5.74, 6) is 0.294. The predicted molar refractivity (Wildman–Crippen MR) is 82.5 cm³/mol. The van der Waals surface area contributed by atoms with Crippen LogP contribution in [0.4, 0.5) is 0 Å². The van der Waals surface area contributed by atoms with Gasteiger partial charge in [0, 0.05) is 19.0 Å². The summed E-state index contributed by atoms with van der Waals surface area (Å²) in [4.78, 5) is 23.5. The van der Waals surface area contributed by atoms with Crippen LogP contribution in [-0.4, -0.2) is 20.3 Å². The summed E-state index contributed by atoms with van der Waals surface area (Å²) < 4.78 is 8.78. The largest absolute Gasteiger partial charge is 0.459 e. The normalized spacial score (nSPS) is 11.3. The summed E-state index contributed by atoms with van der Waals surface area (Å²) in [6.07, 6.45) is 3.37. The molecule has 22 heavy (non-hydrogen) atoms. The Kier molecular flexibility index (Phi) is 3.32. The maximum absolute atomic E-state index is 12.6. The van der Waals surface area contributed by atoms with Crippen molar-refractivity contribution in [2.75, 3.05) is 0 Å². The topological polar surface area (TPSA) is 96.0 Å². The summed E-state index contributed by atoms with van der Waals surface area (Å²) in [6.45, 7) is 6.22. The fraction of sp³-hybridized carbons (Fsp3) is 0.267. The van der Waals surface area contributed by atoms with E-state index in [0.717, 1.165) is 11.3 Å². The first-order chi connectivity index (χ1) is 10.5. The quantitative estimate of drug-likeness (QED) is 0.719. The number of rotatable bonds is 5. The van der Waals surface area contributed by atoms with E-state index in [4.69, 9.17) is 10.2 Å². The molecule has 0 saturated carbocycles. The first kappa shape index (κ1) is 14.1. The van der Waals surface area contributed by atoms with Gasteiger partial charge in [0.2, 0.25) is 5.91 Å². The molecule has 0 aliphatic rings. The molecule has 2 N–H and O–H groups in total. The highest BCUT2D eigenvalue weighted by Gasteiger charge is 2.18. The lowest BCUT2D eigenvalue weighted by Crippen LogP contribution is -2.26. The van der Waals surface area contributed by atoms with E-state index in [-0.39, 0.29) is 18.5 Å². The van der Waals surface area contributed by atoms with Crippen LogP contribution < -0.4 is 11.3 Å². The number of hydrogen-bond donors (Lipinski definition) is 1. The summed E-state index contributed by atoms with van der Waals surface area (Å²) in [7, 11) is 0. The van der Waals surface area contributed by atoms with Crippen LogP contribution in [-0.2, 0) is 17.9 Å². The zero-order valence-corrected chi connectivity index (χ0v) is 12.2. The predicted octanol–water partition coefficient (Wildman–Crippen LogP) is 1.31. The van der Waals surface area contributed by atoms with Gasteiger partial charge in [0.15, 0.2) is 5.58 Å². The molecule has 0 fully saturated rings. The summed E-state index contributed by atoms with van der Waals surface area (Å²) >= 11 is 0. The highest BCUT2D eigenvalue weighted by Crippen LogP contribution is 2.29. The molecule has 0 aromatic carbocycles. The molecular formula is C15H16N4O3. The molecule has 3 rings (SSSR count). The van der Waals surface area contributed by atoms with Crippen LogP contribution in [0.2, 0.25) is 0 Å². The second-order valence-electron chi connectivity index (χ2n) is 5.12. The molecule has 0 aliphatic carbocycles. The van der Waals surface area contributed by atoms with Gasteiger partial charge in [-0.1, -0.05) is 6.08 Å².